The first-order valence-electron chi connectivity index (χ1n) is 5.39. The van der Waals surface area contributed by atoms with Crippen LogP contribution in [0.3, 0.4) is 0 Å². The maximum atomic E-state index is 3.49. The van der Waals surface area contributed by atoms with Gasteiger partial charge in [-0.15, -0.1) is 12.4 Å². The molecule has 15 heavy (non-hydrogen) atoms. The zero-order chi connectivity index (χ0) is 9.38. The molecule has 3 rings (SSSR count). The van der Waals surface area contributed by atoms with Gasteiger partial charge in [0.25, 0.3) is 0 Å². The number of likely N-dealkylation sites (tertiary alicyclic amines) is 1. The molecule has 0 unspecified atom stereocenters. The second-order valence-corrected chi connectivity index (χ2v) is 5.16. The van der Waals surface area contributed by atoms with Crippen molar-refractivity contribution < 1.29 is 0 Å². The minimum Gasteiger partial charge on any atom is -0.315 e. The highest BCUT2D eigenvalue weighted by Crippen LogP contribution is 2.28. The van der Waals surface area contributed by atoms with Crippen molar-refractivity contribution in [2.45, 2.75) is 19.0 Å². The zero-order valence-corrected chi connectivity index (χ0v) is 10.3. The number of nitrogens with zero attached hydrogens (tertiary/aromatic N) is 1. The van der Waals surface area contributed by atoms with Gasteiger partial charge in [0.1, 0.15) is 0 Å². The topological polar surface area (TPSA) is 15.3 Å². The number of fused-ring (bicyclic) bond motifs is 1. The summed E-state index contributed by atoms with van der Waals surface area (Å²) in [6, 6.07) is 3.07. The lowest BCUT2D eigenvalue weighted by atomic mass is 10.1. The molecule has 0 spiro atoms. The van der Waals surface area contributed by atoms with Crippen LogP contribution in [0.15, 0.2) is 16.8 Å². The Morgan fingerprint density at radius 2 is 2.40 bits per heavy atom. The van der Waals surface area contributed by atoms with Crippen molar-refractivity contribution in [1.29, 1.82) is 0 Å². The molecule has 2 atom stereocenters. The van der Waals surface area contributed by atoms with Crippen molar-refractivity contribution in [3.05, 3.63) is 22.4 Å². The Labute approximate surface area is 101 Å². The number of halogens is 1. The highest BCUT2D eigenvalue weighted by Gasteiger charge is 2.36. The van der Waals surface area contributed by atoms with Crippen LogP contribution in [-0.4, -0.2) is 30.6 Å². The van der Waals surface area contributed by atoms with Gasteiger partial charge >= 0.3 is 0 Å². The van der Waals surface area contributed by atoms with Gasteiger partial charge < -0.3 is 5.32 Å². The number of nitrogens with one attached hydrogen (secondary N) is 1. The van der Waals surface area contributed by atoms with Gasteiger partial charge in [0.2, 0.25) is 0 Å². The Morgan fingerprint density at radius 1 is 1.47 bits per heavy atom. The molecule has 1 aromatic heterocycles. The molecule has 0 amide bonds. The van der Waals surface area contributed by atoms with Crippen molar-refractivity contribution in [3.63, 3.8) is 0 Å². The summed E-state index contributed by atoms with van der Waals surface area (Å²) in [4.78, 5) is 2.65. The molecular formula is C11H17ClN2S. The predicted octanol–water partition coefficient (Wildman–Crippen LogP) is 1.96. The molecule has 0 bridgehead atoms. The fraction of sp³-hybridized carbons (Fsp3) is 0.636. The normalized spacial score (nSPS) is 30.1. The smallest absolute Gasteiger partial charge is 0.0264 e. The molecule has 2 aliphatic rings. The summed E-state index contributed by atoms with van der Waals surface area (Å²) in [7, 11) is 0. The van der Waals surface area contributed by atoms with E-state index >= 15 is 0 Å². The molecule has 0 aromatic carbocycles. The van der Waals surface area contributed by atoms with Crippen molar-refractivity contribution in [3.8, 4) is 0 Å². The maximum Gasteiger partial charge on any atom is 0.0264 e. The second-order valence-electron chi connectivity index (χ2n) is 4.38. The van der Waals surface area contributed by atoms with Crippen LogP contribution >= 0.6 is 23.7 Å². The van der Waals surface area contributed by atoms with Crippen molar-refractivity contribution in [2.24, 2.45) is 5.92 Å². The van der Waals surface area contributed by atoms with E-state index in [1.165, 1.54) is 31.6 Å². The molecular weight excluding hydrogens is 228 g/mol. The third kappa shape index (κ3) is 2.21. The highest BCUT2D eigenvalue weighted by molar-refractivity contribution is 7.07. The molecule has 84 valence electrons. The highest BCUT2D eigenvalue weighted by atomic mass is 35.5. The van der Waals surface area contributed by atoms with Gasteiger partial charge in [0.05, 0.1) is 0 Å². The number of thiophene rings is 1. The van der Waals surface area contributed by atoms with Gasteiger partial charge in [-0.3, -0.25) is 4.90 Å². The van der Waals surface area contributed by atoms with Crippen LogP contribution in [0, 0.1) is 5.92 Å². The molecule has 0 radical (unpaired) electrons. The zero-order valence-electron chi connectivity index (χ0n) is 8.69. The standard InChI is InChI=1S/C11H16N2S.ClH/c1-3-13(7-9-2-4-14-8-9)11-6-12-5-10(1)11;/h2,4,8,10-12H,1,3,5-7H2;1H/t10-,11+;/m0./s1. The van der Waals surface area contributed by atoms with E-state index in [2.05, 4.69) is 27.0 Å². The Hall–Kier alpha value is -0.0900. The van der Waals surface area contributed by atoms with Crippen LogP contribution in [-0.2, 0) is 6.54 Å². The number of hydrogen-bond acceptors (Lipinski definition) is 3. The van der Waals surface area contributed by atoms with Crippen molar-refractivity contribution in [1.82, 2.24) is 10.2 Å². The average Bonchev–Trinajstić information content (AvgIpc) is 2.85. The molecule has 2 fully saturated rings. The first kappa shape index (κ1) is 11.4. The fourth-order valence-electron chi connectivity index (χ4n) is 2.75. The second kappa shape index (κ2) is 4.83. The molecule has 1 aromatic rings. The van der Waals surface area contributed by atoms with Crippen molar-refractivity contribution in [2.75, 3.05) is 19.6 Å². The summed E-state index contributed by atoms with van der Waals surface area (Å²) in [5.74, 6) is 0.925. The lowest BCUT2D eigenvalue weighted by molar-refractivity contribution is 0.244. The number of hydrogen-bond donors (Lipinski definition) is 1. The molecule has 2 nitrogen and oxygen atoms in total. The van der Waals surface area contributed by atoms with Crippen LogP contribution in [0.25, 0.3) is 0 Å². The van der Waals surface area contributed by atoms with Gasteiger partial charge in [-0.25, -0.2) is 0 Å². The van der Waals surface area contributed by atoms with Gasteiger partial charge in [-0.2, -0.15) is 11.3 Å². The largest absolute Gasteiger partial charge is 0.315 e. The third-order valence-electron chi connectivity index (χ3n) is 3.53. The van der Waals surface area contributed by atoms with E-state index in [0.29, 0.717) is 0 Å². The van der Waals surface area contributed by atoms with E-state index in [9.17, 15) is 0 Å². The maximum absolute atomic E-state index is 3.49. The first-order valence-corrected chi connectivity index (χ1v) is 6.33. The Morgan fingerprint density at radius 3 is 3.20 bits per heavy atom. The van der Waals surface area contributed by atoms with E-state index in [4.69, 9.17) is 0 Å². The minimum atomic E-state index is 0. The van der Waals surface area contributed by atoms with Gasteiger partial charge in [-0.05, 0) is 47.8 Å². The van der Waals surface area contributed by atoms with Crippen LogP contribution in [0.5, 0.6) is 0 Å². The van der Waals surface area contributed by atoms with Crippen LogP contribution in [0.4, 0.5) is 0 Å². The molecule has 2 saturated heterocycles. The van der Waals surface area contributed by atoms with E-state index in [0.717, 1.165) is 18.5 Å². The van der Waals surface area contributed by atoms with Gasteiger partial charge in [0.15, 0.2) is 0 Å². The summed E-state index contributed by atoms with van der Waals surface area (Å²) in [6.45, 7) is 4.90. The monoisotopic (exact) mass is 244 g/mol. The van der Waals surface area contributed by atoms with Crippen molar-refractivity contribution >= 4 is 23.7 Å². The van der Waals surface area contributed by atoms with Crippen LogP contribution in [0.1, 0.15) is 12.0 Å². The Balaban J connectivity index is 0.000000853. The lowest BCUT2D eigenvalue weighted by Crippen LogP contribution is -2.33. The first-order chi connectivity index (χ1) is 6.93. The molecule has 2 aliphatic heterocycles. The van der Waals surface area contributed by atoms with E-state index < -0.39 is 0 Å². The van der Waals surface area contributed by atoms with E-state index in [-0.39, 0.29) is 12.4 Å². The fourth-order valence-corrected chi connectivity index (χ4v) is 3.41. The summed E-state index contributed by atoms with van der Waals surface area (Å²) < 4.78 is 0. The SMILES string of the molecule is Cl.c1cc(CN2CC[C@H]3CNC[C@H]32)cs1. The number of rotatable bonds is 2. The summed E-state index contributed by atoms with van der Waals surface area (Å²) in [6.07, 6.45) is 1.39. The van der Waals surface area contributed by atoms with Gasteiger partial charge in [-0.1, -0.05) is 0 Å². The molecule has 3 heterocycles. The Kier molecular flexibility index (Phi) is 3.67. The summed E-state index contributed by atoms with van der Waals surface area (Å²) in [5, 5.41) is 7.94. The average molecular weight is 245 g/mol. The van der Waals surface area contributed by atoms with Crippen LogP contribution < -0.4 is 5.32 Å². The van der Waals surface area contributed by atoms with E-state index in [1.54, 1.807) is 11.3 Å². The quantitative estimate of drug-likeness (QED) is 0.856. The Bertz CT molecular complexity index is 302. The summed E-state index contributed by atoms with van der Waals surface area (Å²) >= 11 is 1.81. The lowest BCUT2D eigenvalue weighted by Gasteiger charge is -2.22. The van der Waals surface area contributed by atoms with Crippen LogP contribution in [0.2, 0.25) is 0 Å². The van der Waals surface area contributed by atoms with E-state index in [1.807, 2.05) is 0 Å². The molecule has 0 aliphatic carbocycles. The molecule has 0 saturated carbocycles. The van der Waals surface area contributed by atoms with Gasteiger partial charge in [0, 0.05) is 19.1 Å². The molecule has 4 heteroatoms. The third-order valence-corrected chi connectivity index (χ3v) is 4.26. The molecule has 1 N–H and O–H groups in total. The minimum absolute atomic E-state index is 0. The summed E-state index contributed by atoms with van der Waals surface area (Å²) in [5.41, 5.74) is 1.49. The predicted molar refractivity (Wildman–Crippen MR) is 66.7 cm³/mol.